The fraction of sp³-hybridized carbons (Fsp3) is 0.250. The van der Waals surface area contributed by atoms with Gasteiger partial charge in [0.2, 0.25) is 0 Å². The Morgan fingerprint density at radius 2 is 2.11 bits per heavy atom. The van der Waals surface area contributed by atoms with Crippen LogP contribution in [0.1, 0.15) is 18.1 Å². The Hall–Kier alpha value is -2.20. The van der Waals surface area contributed by atoms with Crippen LogP contribution in [0.3, 0.4) is 0 Å². The molecule has 4 N–H and O–H groups in total. The molecule has 0 aliphatic carbocycles. The van der Waals surface area contributed by atoms with E-state index in [-0.39, 0.29) is 5.56 Å². The topological polar surface area (TPSA) is 85.1 Å². The number of benzene rings is 1. The third kappa shape index (κ3) is 4.19. The van der Waals surface area contributed by atoms with E-state index in [0.717, 1.165) is 6.07 Å². The molecule has 0 aromatic heterocycles. The van der Waals surface area contributed by atoms with Gasteiger partial charge in [-0.25, -0.2) is 0 Å². The van der Waals surface area contributed by atoms with Crippen LogP contribution in [0.2, 0.25) is 0 Å². The van der Waals surface area contributed by atoms with Gasteiger partial charge in [0.1, 0.15) is 5.75 Å². The molecule has 0 heterocycles. The Morgan fingerprint density at radius 3 is 2.58 bits per heavy atom. The lowest BCUT2D eigenvalue weighted by Crippen LogP contribution is -2.27. The molecule has 0 saturated heterocycles. The van der Waals surface area contributed by atoms with Gasteiger partial charge in [-0.3, -0.25) is 5.73 Å². The molecule has 1 unspecified atom stereocenters. The van der Waals surface area contributed by atoms with Gasteiger partial charge in [0.25, 0.3) is 0 Å². The first-order valence-corrected chi connectivity index (χ1v) is 5.21. The predicted octanol–water partition coefficient (Wildman–Crippen LogP) is 2.10. The number of halogens is 3. The summed E-state index contributed by atoms with van der Waals surface area (Å²) in [6.07, 6.45) is -4.46. The monoisotopic (exact) mass is 271 g/mol. The van der Waals surface area contributed by atoms with Crippen LogP contribution in [0.25, 0.3) is 0 Å². The fourth-order valence-corrected chi connectivity index (χ4v) is 1.36. The van der Waals surface area contributed by atoms with Gasteiger partial charge in [0, 0.05) is 5.70 Å². The van der Waals surface area contributed by atoms with E-state index < -0.39 is 23.7 Å². The van der Waals surface area contributed by atoms with Gasteiger partial charge in [-0.05, 0) is 31.2 Å². The van der Waals surface area contributed by atoms with Crippen LogP contribution in [0, 0.1) is 11.3 Å². The molecule has 7 heteroatoms. The molecule has 0 fully saturated rings. The van der Waals surface area contributed by atoms with Crippen LogP contribution in [0.4, 0.5) is 13.2 Å². The fourth-order valence-electron chi connectivity index (χ4n) is 1.36. The predicted molar refractivity (Wildman–Crippen MR) is 62.7 cm³/mol. The molecule has 0 aliphatic rings. The van der Waals surface area contributed by atoms with Gasteiger partial charge in [-0.15, -0.1) is 0 Å². The molecule has 4 nitrogen and oxygen atoms in total. The quantitative estimate of drug-likeness (QED) is 0.824. The lowest BCUT2D eigenvalue weighted by molar-refractivity contribution is -0.139. The van der Waals surface area contributed by atoms with Crippen LogP contribution in [0.5, 0.6) is 5.75 Å². The molecule has 19 heavy (non-hydrogen) atoms. The van der Waals surface area contributed by atoms with E-state index in [9.17, 15) is 13.2 Å². The van der Waals surface area contributed by atoms with Crippen molar-refractivity contribution in [3.63, 3.8) is 0 Å². The summed E-state index contributed by atoms with van der Waals surface area (Å²) in [7, 11) is 0. The molecule has 1 rings (SSSR count). The number of nitriles is 1. The van der Waals surface area contributed by atoms with E-state index in [1.54, 1.807) is 6.07 Å². The number of ether oxygens (including phenoxy) is 1. The van der Waals surface area contributed by atoms with Crippen LogP contribution < -0.4 is 16.2 Å². The van der Waals surface area contributed by atoms with E-state index in [1.165, 1.54) is 19.1 Å². The lowest BCUT2D eigenvalue weighted by Gasteiger charge is -2.17. The van der Waals surface area contributed by atoms with Crippen LogP contribution in [0.15, 0.2) is 30.0 Å². The maximum absolute atomic E-state index is 12.8. The van der Waals surface area contributed by atoms with E-state index in [4.69, 9.17) is 21.5 Å². The summed E-state index contributed by atoms with van der Waals surface area (Å²) in [6, 6.07) is 4.62. The lowest BCUT2D eigenvalue weighted by atomic mass is 10.1. The average Bonchev–Trinajstić information content (AvgIpc) is 2.26. The second-order valence-corrected chi connectivity index (χ2v) is 3.81. The van der Waals surface area contributed by atoms with Gasteiger partial charge in [-0.2, -0.15) is 18.4 Å². The number of rotatable bonds is 3. The van der Waals surface area contributed by atoms with Gasteiger partial charge >= 0.3 is 6.18 Å². The van der Waals surface area contributed by atoms with Crippen molar-refractivity contribution in [2.75, 3.05) is 0 Å². The Morgan fingerprint density at radius 1 is 1.47 bits per heavy atom. The number of nitrogens with zero attached hydrogens (tertiary/aromatic N) is 1. The van der Waals surface area contributed by atoms with Crippen LogP contribution in [-0.4, -0.2) is 6.23 Å². The Labute approximate surface area is 108 Å². The van der Waals surface area contributed by atoms with E-state index >= 15 is 0 Å². The minimum Gasteiger partial charge on any atom is -0.471 e. The highest BCUT2D eigenvalue weighted by Crippen LogP contribution is 2.37. The zero-order valence-electron chi connectivity index (χ0n) is 10.0. The zero-order valence-corrected chi connectivity index (χ0v) is 10.0. The third-order valence-corrected chi connectivity index (χ3v) is 2.10. The van der Waals surface area contributed by atoms with Gasteiger partial charge < -0.3 is 10.5 Å². The Balaban J connectivity index is 3.14. The highest BCUT2D eigenvalue weighted by molar-refractivity contribution is 5.43. The number of alkyl halides is 3. The van der Waals surface area contributed by atoms with Crippen molar-refractivity contribution < 1.29 is 17.9 Å². The minimum atomic E-state index is -4.64. The number of hydrogen-bond acceptors (Lipinski definition) is 4. The van der Waals surface area contributed by atoms with Crippen molar-refractivity contribution in [3.8, 4) is 11.8 Å². The van der Waals surface area contributed by atoms with Crippen molar-refractivity contribution in [3.05, 3.63) is 41.1 Å². The summed E-state index contributed by atoms with van der Waals surface area (Å²) in [6.45, 7) is 1.53. The third-order valence-electron chi connectivity index (χ3n) is 2.10. The SMILES string of the molecule is C/C(N)=C/C(N)Oc1ccc(C#N)cc1C(F)(F)F. The second-order valence-electron chi connectivity index (χ2n) is 3.81. The molecular weight excluding hydrogens is 259 g/mol. The van der Waals surface area contributed by atoms with E-state index in [2.05, 4.69) is 0 Å². The van der Waals surface area contributed by atoms with Crippen molar-refractivity contribution >= 4 is 0 Å². The molecule has 0 spiro atoms. The average molecular weight is 271 g/mol. The summed E-state index contributed by atoms with van der Waals surface area (Å²) in [5, 5.41) is 8.61. The molecular formula is C12H12F3N3O. The summed E-state index contributed by atoms with van der Waals surface area (Å²) in [5.41, 5.74) is 10.00. The molecule has 0 bridgehead atoms. The van der Waals surface area contributed by atoms with Crippen LogP contribution >= 0.6 is 0 Å². The Kier molecular flexibility index (Phi) is 4.40. The van der Waals surface area contributed by atoms with Gasteiger partial charge in [0.05, 0.1) is 17.2 Å². The summed E-state index contributed by atoms with van der Waals surface area (Å²) < 4.78 is 43.4. The first-order valence-electron chi connectivity index (χ1n) is 5.21. The highest BCUT2D eigenvalue weighted by Gasteiger charge is 2.35. The molecule has 1 aromatic rings. The van der Waals surface area contributed by atoms with Crippen LogP contribution in [-0.2, 0) is 6.18 Å². The molecule has 0 saturated carbocycles. The first kappa shape index (κ1) is 14.9. The summed E-state index contributed by atoms with van der Waals surface area (Å²) in [5.74, 6) is -0.448. The molecule has 0 radical (unpaired) electrons. The standard InChI is InChI=1S/C12H12F3N3O/c1-7(17)4-11(18)19-10-3-2-8(6-16)5-9(10)12(13,14)15/h2-5,11H,17-18H2,1H3/b7-4-. The summed E-state index contributed by atoms with van der Waals surface area (Å²) >= 11 is 0. The first-order chi connectivity index (χ1) is 8.74. The second kappa shape index (κ2) is 5.63. The van der Waals surface area contributed by atoms with E-state index in [1.807, 2.05) is 0 Å². The normalized spacial score (nSPS) is 13.8. The van der Waals surface area contributed by atoms with Crippen molar-refractivity contribution in [2.24, 2.45) is 11.5 Å². The van der Waals surface area contributed by atoms with E-state index in [0.29, 0.717) is 11.8 Å². The molecule has 1 aromatic carbocycles. The van der Waals surface area contributed by atoms with Gasteiger partial charge in [0.15, 0.2) is 6.23 Å². The number of nitrogens with two attached hydrogens (primary N) is 2. The number of allylic oxidation sites excluding steroid dienone is 1. The van der Waals surface area contributed by atoms with Crippen molar-refractivity contribution in [2.45, 2.75) is 19.3 Å². The largest absolute Gasteiger partial charge is 0.471 e. The van der Waals surface area contributed by atoms with Gasteiger partial charge in [-0.1, -0.05) is 0 Å². The summed E-state index contributed by atoms with van der Waals surface area (Å²) in [4.78, 5) is 0. The molecule has 0 aliphatic heterocycles. The molecule has 1 atom stereocenters. The maximum Gasteiger partial charge on any atom is 0.420 e. The molecule has 0 amide bonds. The minimum absolute atomic E-state index is 0.112. The maximum atomic E-state index is 12.8. The highest BCUT2D eigenvalue weighted by atomic mass is 19.4. The Bertz CT molecular complexity index is 528. The molecule has 102 valence electrons. The number of hydrogen-bond donors (Lipinski definition) is 2. The van der Waals surface area contributed by atoms with Crippen molar-refractivity contribution in [1.82, 2.24) is 0 Å². The smallest absolute Gasteiger partial charge is 0.420 e. The van der Waals surface area contributed by atoms with Crippen molar-refractivity contribution in [1.29, 1.82) is 5.26 Å². The zero-order chi connectivity index (χ0) is 14.6.